The Morgan fingerprint density at radius 1 is 1.25 bits per heavy atom. The monoisotopic (exact) mass is 428 g/mol. The molecule has 128 valence electrons. The van der Waals surface area contributed by atoms with Crippen molar-refractivity contribution in [2.24, 2.45) is 0 Å². The van der Waals surface area contributed by atoms with Crippen LogP contribution >= 0.6 is 27.3 Å². The highest BCUT2D eigenvalue weighted by atomic mass is 79.9. The molecule has 1 N–H and O–H groups in total. The normalized spacial score (nSPS) is 14.8. The summed E-state index contributed by atoms with van der Waals surface area (Å²) in [6.07, 6.45) is 1.78. The van der Waals surface area contributed by atoms with Gasteiger partial charge in [-0.15, -0.1) is 11.3 Å². The second kappa shape index (κ2) is 6.95. The summed E-state index contributed by atoms with van der Waals surface area (Å²) in [6, 6.07) is 10.5. The lowest BCUT2D eigenvalue weighted by Crippen LogP contribution is -2.32. The third-order valence-corrected chi connectivity index (χ3v) is 7.84. The number of sulfonamides is 1. The predicted molar refractivity (Wildman–Crippen MR) is 97.6 cm³/mol. The van der Waals surface area contributed by atoms with Gasteiger partial charge >= 0.3 is 0 Å². The van der Waals surface area contributed by atoms with Gasteiger partial charge in [-0.05, 0) is 58.6 Å². The van der Waals surface area contributed by atoms with E-state index < -0.39 is 10.0 Å². The van der Waals surface area contributed by atoms with Crippen LogP contribution in [0.4, 0.5) is 0 Å². The Morgan fingerprint density at radius 3 is 2.42 bits per heavy atom. The van der Waals surface area contributed by atoms with Gasteiger partial charge in [0.05, 0.1) is 3.79 Å². The van der Waals surface area contributed by atoms with E-state index in [2.05, 4.69) is 21.2 Å². The van der Waals surface area contributed by atoms with Crippen molar-refractivity contribution in [2.75, 3.05) is 7.05 Å². The number of halogens is 1. The second-order valence-corrected chi connectivity index (χ2v) is 10.2. The molecule has 3 rings (SSSR count). The lowest BCUT2D eigenvalue weighted by atomic mass is 10.1. The molecule has 8 heteroatoms. The molecule has 0 aliphatic heterocycles. The number of nitrogens with one attached hydrogen (secondary N) is 1. The molecule has 1 saturated carbocycles. The van der Waals surface area contributed by atoms with Gasteiger partial charge in [0.1, 0.15) is 4.21 Å². The van der Waals surface area contributed by atoms with Crippen molar-refractivity contribution in [3.05, 3.63) is 51.3 Å². The topological polar surface area (TPSA) is 66.5 Å². The minimum atomic E-state index is -3.50. The van der Waals surface area contributed by atoms with Gasteiger partial charge in [-0.1, -0.05) is 12.1 Å². The number of hydrogen-bond donors (Lipinski definition) is 1. The molecular formula is C16H17BrN2O3S2. The van der Waals surface area contributed by atoms with Gasteiger partial charge in [0.2, 0.25) is 0 Å². The Bertz CT molecular complexity index is 842. The molecule has 1 fully saturated rings. The van der Waals surface area contributed by atoms with E-state index >= 15 is 0 Å². The maximum atomic E-state index is 12.9. The third-order valence-electron chi connectivity index (χ3n) is 3.85. The Kier molecular flexibility index (Phi) is 5.10. The van der Waals surface area contributed by atoms with Gasteiger partial charge in [-0.3, -0.25) is 4.79 Å². The molecule has 0 saturated heterocycles. The van der Waals surface area contributed by atoms with Crippen LogP contribution in [0.1, 0.15) is 28.8 Å². The number of amides is 1. The first-order chi connectivity index (χ1) is 11.4. The van der Waals surface area contributed by atoms with Gasteiger partial charge in [-0.25, -0.2) is 8.42 Å². The van der Waals surface area contributed by atoms with Crippen LogP contribution in [0.2, 0.25) is 0 Å². The van der Waals surface area contributed by atoms with Crippen LogP contribution < -0.4 is 5.32 Å². The summed E-state index contributed by atoms with van der Waals surface area (Å²) in [5, 5.41) is 2.57. The van der Waals surface area contributed by atoms with Gasteiger partial charge in [-0.2, -0.15) is 4.31 Å². The summed E-state index contributed by atoms with van der Waals surface area (Å²) in [7, 11) is -1.92. The highest BCUT2D eigenvalue weighted by Crippen LogP contribution is 2.36. The fourth-order valence-corrected chi connectivity index (χ4v) is 6.22. The minimum Gasteiger partial charge on any atom is -0.355 e. The zero-order valence-corrected chi connectivity index (χ0v) is 16.2. The summed E-state index contributed by atoms with van der Waals surface area (Å²) >= 11 is 4.54. The quantitative estimate of drug-likeness (QED) is 0.767. The van der Waals surface area contributed by atoms with E-state index in [1.165, 1.54) is 11.3 Å². The van der Waals surface area contributed by atoms with Crippen molar-refractivity contribution in [1.29, 1.82) is 0 Å². The first-order valence-corrected chi connectivity index (χ1v) is 10.5. The first-order valence-electron chi connectivity index (χ1n) is 7.50. The van der Waals surface area contributed by atoms with Crippen LogP contribution in [0.5, 0.6) is 0 Å². The molecule has 1 amide bonds. The lowest BCUT2D eigenvalue weighted by Gasteiger charge is -2.21. The maximum absolute atomic E-state index is 12.9. The number of hydrogen-bond acceptors (Lipinski definition) is 4. The van der Waals surface area contributed by atoms with E-state index in [0.29, 0.717) is 16.3 Å². The number of carbonyl (C=O) groups is 1. The van der Waals surface area contributed by atoms with E-state index in [4.69, 9.17) is 0 Å². The van der Waals surface area contributed by atoms with E-state index in [-0.39, 0.29) is 11.9 Å². The van der Waals surface area contributed by atoms with Crippen molar-refractivity contribution in [3.63, 3.8) is 0 Å². The van der Waals surface area contributed by atoms with Gasteiger partial charge in [0, 0.05) is 25.2 Å². The van der Waals surface area contributed by atoms with Crippen LogP contribution in [0, 0.1) is 0 Å². The second-order valence-electron chi connectivity index (χ2n) is 5.62. The van der Waals surface area contributed by atoms with Crippen molar-refractivity contribution < 1.29 is 13.2 Å². The van der Waals surface area contributed by atoms with Crippen LogP contribution in [-0.2, 0) is 16.6 Å². The molecule has 1 aromatic carbocycles. The van der Waals surface area contributed by atoms with E-state index in [1.54, 1.807) is 47.8 Å². The molecule has 0 spiro atoms. The van der Waals surface area contributed by atoms with Crippen LogP contribution in [0.15, 0.2) is 44.4 Å². The Labute approximate surface area is 153 Å². The molecule has 1 aliphatic carbocycles. The SMILES string of the molecule is CNC(=O)c1ccc(CN(C2CC2)S(=O)(=O)c2ccc(Br)s2)cc1. The summed E-state index contributed by atoms with van der Waals surface area (Å²) < 4.78 is 28.5. The molecule has 0 radical (unpaired) electrons. The molecule has 2 aromatic rings. The number of benzene rings is 1. The van der Waals surface area contributed by atoms with Gasteiger partial charge in [0.15, 0.2) is 0 Å². The highest BCUT2D eigenvalue weighted by molar-refractivity contribution is 9.11. The fourth-order valence-electron chi connectivity index (χ4n) is 2.41. The van der Waals surface area contributed by atoms with Crippen molar-refractivity contribution in [2.45, 2.75) is 29.6 Å². The van der Waals surface area contributed by atoms with E-state index in [1.807, 2.05) is 0 Å². The zero-order valence-electron chi connectivity index (χ0n) is 13.0. The molecule has 1 aliphatic rings. The number of thiophene rings is 1. The van der Waals surface area contributed by atoms with E-state index in [0.717, 1.165) is 22.2 Å². The number of carbonyl (C=O) groups excluding carboxylic acids is 1. The molecule has 1 heterocycles. The predicted octanol–water partition coefficient (Wildman–Crippen LogP) is 3.22. The number of nitrogens with zero attached hydrogens (tertiary/aromatic N) is 1. The molecular weight excluding hydrogens is 412 g/mol. The molecule has 24 heavy (non-hydrogen) atoms. The Hall–Kier alpha value is -1.22. The van der Waals surface area contributed by atoms with E-state index in [9.17, 15) is 13.2 Å². The Balaban J connectivity index is 1.83. The highest BCUT2D eigenvalue weighted by Gasteiger charge is 2.38. The zero-order chi connectivity index (χ0) is 17.3. The van der Waals surface area contributed by atoms with Crippen LogP contribution in [0.25, 0.3) is 0 Å². The first kappa shape index (κ1) is 17.6. The third kappa shape index (κ3) is 3.72. The average molecular weight is 429 g/mol. The van der Waals surface area contributed by atoms with Crippen molar-refractivity contribution in [3.8, 4) is 0 Å². The summed E-state index contributed by atoms with van der Waals surface area (Å²) in [6.45, 7) is 0.316. The standard InChI is InChI=1S/C16H17BrN2O3S2/c1-18-16(20)12-4-2-11(3-5-12)10-19(13-6-7-13)24(21,22)15-9-8-14(17)23-15/h2-5,8-9,13H,6-7,10H2,1H3,(H,18,20). The summed E-state index contributed by atoms with van der Waals surface area (Å²) in [5.41, 5.74) is 1.43. The van der Waals surface area contributed by atoms with Crippen LogP contribution in [-0.4, -0.2) is 31.7 Å². The average Bonchev–Trinajstić information content (AvgIpc) is 3.32. The van der Waals surface area contributed by atoms with Crippen molar-refractivity contribution in [1.82, 2.24) is 9.62 Å². The van der Waals surface area contributed by atoms with Crippen LogP contribution in [0.3, 0.4) is 0 Å². The minimum absolute atomic E-state index is 0.0643. The lowest BCUT2D eigenvalue weighted by molar-refractivity contribution is 0.0963. The fraction of sp³-hybridized carbons (Fsp3) is 0.312. The van der Waals surface area contributed by atoms with Gasteiger partial charge in [0.25, 0.3) is 15.9 Å². The Morgan fingerprint density at radius 2 is 1.92 bits per heavy atom. The molecule has 0 unspecified atom stereocenters. The maximum Gasteiger partial charge on any atom is 0.253 e. The smallest absolute Gasteiger partial charge is 0.253 e. The van der Waals surface area contributed by atoms with Gasteiger partial charge < -0.3 is 5.32 Å². The molecule has 0 bridgehead atoms. The summed E-state index contributed by atoms with van der Waals surface area (Å²) in [5.74, 6) is -0.156. The number of rotatable bonds is 6. The summed E-state index contributed by atoms with van der Waals surface area (Å²) in [4.78, 5) is 11.6. The molecule has 0 atom stereocenters. The molecule has 5 nitrogen and oxygen atoms in total. The molecule has 1 aromatic heterocycles. The largest absolute Gasteiger partial charge is 0.355 e. The van der Waals surface area contributed by atoms with Crippen molar-refractivity contribution >= 4 is 43.2 Å².